The number of ether oxygens (including phenoxy) is 2. The quantitative estimate of drug-likeness (QED) is 0.495. The summed E-state index contributed by atoms with van der Waals surface area (Å²) in [5, 5.41) is 14.1. The zero-order valence-electron chi connectivity index (χ0n) is 17.5. The van der Waals surface area contributed by atoms with Crippen molar-refractivity contribution in [3.8, 4) is 16.3 Å². The van der Waals surface area contributed by atoms with Crippen LogP contribution in [0.15, 0.2) is 53.9 Å². The molecule has 0 spiro atoms. The third-order valence-corrected chi connectivity index (χ3v) is 4.94. The van der Waals surface area contributed by atoms with Crippen LogP contribution < -0.4 is 10.1 Å². The highest BCUT2D eigenvalue weighted by Crippen LogP contribution is 2.29. The summed E-state index contributed by atoms with van der Waals surface area (Å²) in [6, 6.07) is 7.63. The molecule has 0 saturated heterocycles. The van der Waals surface area contributed by atoms with Crippen molar-refractivity contribution in [1.82, 2.24) is 10.3 Å². The van der Waals surface area contributed by atoms with Gasteiger partial charge in [-0.1, -0.05) is 0 Å². The first-order chi connectivity index (χ1) is 14.7. The van der Waals surface area contributed by atoms with Crippen LogP contribution in [0.3, 0.4) is 0 Å². The molecular formula is C22H24N2O6S. The predicted molar refractivity (Wildman–Crippen MR) is 117 cm³/mol. The second-order valence-corrected chi connectivity index (χ2v) is 7.79. The summed E-state index contributed by atoms with van der Waals surface area (Å²) in [5.74, 6) is 0.532. The summed E-state index contributed by atoms with van der Waals surface area (Å²) in [6.45, 7) is 4.62. The molecule has 164 valence electrons. The molecule has 2 aromatic rings. The first-order valence-electron chi connectivity index (χ1n) is 9.34. The highest BCUT2D eigenvalue weighted by Gasteiger charge is 2.25. The number of aromatic nitrogens is 1. The third kappa shape index (κ3) is 7.80. The van der Waals surface area contributed by atoms with E-state index in [0.717, 1.165) is 16.3 Å². The molecule has 9 heteroatoms. The number of allylic oxidation sites excluding steroid dienone is 4. The van der Waals surface area contributed by atoms with Gasteiger partial charge in [-0.3, -0.25) is 9.59 Å². The van der Waals surface area contributed by atoms with Gasteiger partial charge in [0.2, 0.25) is 0 Å². The lowest BCUT2D eigenvalue weighted by molar-refractivity contribution is -0.113. The monoisotopic (exact) mass is 444 g/mol. The molecule has 0 saturated carbocycles. The lowest BCUT2D eigenvalue weighted by Crippen LogP contribution is -2.40. The number of hydrogen-bond acceptors (Lipinski definition) is 7. The zero-order valence-corrected chi connectivity index (χ0v) is 18.3. The number of nitrogens with one attached hydrogen (secondary N) is 1. The number of thiazole rings is 1. The van der Waals surface area contributed by atoms with Crippen molar-refractivity contribution in [3.05, 3.63) is 59.6 Å². The minimum Gasteiger partial charge on any atom is -0.491 e. The fourth-order valence-corrected chi connectivity index (χ4v) is 3.39. The number of carbonyl (C=O) groups is 3. The highest BCUT2D eigenvalue weighted by molar-refractivity contribution is 7.13. The van der Waals surface area contributed by atoms with Gasteiger partial charge in [0, 0.05) is 18.1 Å². The summed E-state index contributed by atoms with van der Waals surface area (Å²) >= 11 is 1.48. The van der Waals surface area contributed by atoms with Crippen molar-refractivity contribution in [2.45, 2.75) is 19.4 Å². The standard InChI is InChI=1S/C16H20N2O4S.C6H4O2/c1-16(2,18-15(19)20)13-10-23-14(17-13)11-4-6-12(7-5-11)22-9-8-21-3;7-5-1-2-6(8)4-3-5/h4-7,10,18H,8-9H2,1-3H3,(H,19,20);1-4H. The van der Waals surface area contributed by atoms with Gasteiger partial charge in [0.15, 0.2) is 11.6 Å². The van der Waals surface area contributed by atoms with E-state index in [1.54, 1.807) is 21.0 Å². The molecule has 1 aliphatic rings. The predicted octanol–water partition coefficient (Wildman–Crippen LogP) is 3.59. The summed E-state index contributed by atoms with van der Waals surface area (Å²) in [4.78, 5) is 36.0. The average Bonchev–Trinajstić information content (AvgIpc) is 3.22. The van der Waals surface area contributed by atoms with Crippen LogP contribution in [0.1, 0.15) is 19.5 Å². The van der Waals surface area contributed by atoms with E-state index in [0.29, 0.717) is 18.9 Å². The fraction of sp³-hybridized carbons (Fsp3) is 0.273. The normalized spacial score (nSPS) is 12.9. The molecule has 3 rings (SSSR count). The Morgan fingerprint density at radius 3 is 2.16 bits per heavy atom. The Kier molecular flexibility index (Phi) is 8.65. The van der Waals surface area contributed by atoms with Crippen LogP contribution in [-0.4, -0.2) is 48.1 Å². The summed E-state index contributed by atoms with van der Waals surface area (Å²) in [7, 11) is 1.63. The number of hydrogen-bond donors (Lipinski definition) is 2. The maximum absolute atomic E-state index is 10.9. The van der Waals surface area contributed by atoms with Crippen molar-refractivity contribution in [3.63, 3.8) is 0 Å². The summed E-state index contributed by atoms with van der Waals surface area (Å²) < 4.78 is 10.5. The number of ketones is 2. The minimum atomic E-state index is -1.07. The van der Waals surface area contributed by atoms with Gasteiger partial charge >= 0.3 is 6.09 Å². The Morgan fingerprint density at radius 2 is 1.65 bits per heavy atom. The van der Waals surface area contributed by atoms with E-state index in [1.165, 1.54) is 35.6 Å². The SMILES string of the molecule is COCCOc1ccc(-c2nc(C(C)(C)NC(=O)O)cs2)cc1.O=C1C=CC(=O)C=C1. The largest absolute Gasteiger partial charge is 0.491 e. The molecule has 0 radical (unpaired) electrons. The third-order valence-electron chi connectivity index (χ3n) is 4.05. The number of benzene rings is 1. The van der Waals surface area contributed by atoms with E-state index in [4.69, 9.17) is 14.6 Å². The molecule has 1 aromatic heterocycles. The second-order valence-electron chi connectivity index (χ2n) is 6.93. The Labute approximate surface area is 184 Å². The van der Waals surface area contributed by atoms with E-state index in [9.17, 15) is 14.4 Å². The van der Waals surface area contributed by atoms with Crippen LogP contribution in [-0.2, 0) is 19.9 Å². The van der Waals surface area contributed by atoms with Gasteiger partial charge in [-0.05, 0) is 62.4 Å². The van der Waals surface area contributed by atoms with Crippen LogP contribution in [0.4, 0.5) is 4.79 Å². The molecule has 0 atom stereocenters. The van der Waals surface area contributed by atoms with Crippen molar-refractivity contribution in [1.29, 1.82) is 0 Å². The molecule has 2 N–H and O–H groups in total. The van der Waals surface area contributed by atoms with Gasteiger partial charge in [-0.2, -0.15) is 0 Å². The van der Waals surface area contributed by atoms with Gasteiger partial charge in [0.25, 0.3) is 0 Å². The van der Waals surface area contributed by atoms with Gasteiger partial charge in [0.05, 0.1) is 17.8 Å². The van der Waals surface area contributed by atoms with Gasteiger partial charge < -0.3 is 19.9 Å². The van der Waals surface area contributed by atoms with E-state index in [1.807, 2.05) is 29.6 Å². The number of carbonyl (C=O) groups excluding carboxylic acids is 2. The average molecular weight is 445 g/mol. The van der Waals surface area contributed by atoms with E-state index >= 15 is 0 Å². The maximum atomic E-state index is 10.9. The smallest absolute Gasteiger partial charge is 0.405 e. The van der Waals surface area contributed by atoms with Crippen LogP contribution in [0.2, 0.25) is 0 Å². The van der Waals surface area contributed by atoms with Crippen LogP contribution in [0, 0.1) is 0 Å². The number of carboxylic acid groups (broad SMARTS) is 1. The number of methoxy groups -OCH3 is 1. The molecule has 1 heterocycles. The van der Waals surface area contributed by atoms with Crippen LogP contribution in [0.25, 0.3) is 10.6 Å². The van der Waals surface area contributed by atoms with Crippen molar-refractivity contribution in [2.75, 3.05) is 20.3 Å². The number of rotatable bonds is 7. The molecular weight excluding hydrogens is 420 g/mol. The molecule has 0 bridgehead atoms. The van der Waals surface area contributed by atoms with Gasteiger partial charge in [0.1, 0.15) is 17.4 Å². The molecule has 0 aliphatic heterocycles. The number of amides is 1. The molecule has 0 unspecified atom stereocenters. The number of nitrogens with zero attached hydrogens (tertiary/aromatic N) is 1. The lowest BCUT2D eigenvalue weighted by atomic mass is 10.0. The Balaban J connectivity index is 0.000000357. The molecule has 1 amide bonds. The van der Waals surface area contributed by atoms with E-state index in [-0.39, 0.29) is 11.6 Å². The van der Waals surface area contributed by atoms with Gasteiger partial charge in [-0.25, -0.2) is 9.78 Å². The maximum Gasteiger partial charge on any atom is 0.405 e. The zero-order chi connectivity index (χ0) is 22.9. The van der Waals surface area contributed by atoms with E-state index in [2.05, 4.69) is 10.3 Å². The first kappa shape index (κ1) is 24.0. The molecule has 8 nitrogen and oxygen atoms in total. The van der Waals surface area contributed by atoms with Crippen LogP contribution in [0.5, 0.6) is 5.75 Å². The molecule has 1 aliphatic carbocycles. The fourth-order valence-electron chi connectivity index (χ4n) is 2.40. The Hall–Kier alpha value is -3.30. The van der Waals surface area contributed by atoms with Gasteiger partial charge in [-0.15, -0.1) is 11.3 Å². The Bertz CT molecular complexity index is 938. The molecule has 0 fully saturated rings. The van der Waals surface area contributed by atoms with Crippen molar-refractivity contribution < 1.29 is 29.0 Å². The molecule has 1 aromatic carbocycles. The topological polar surface area (TPSA) is 115 Å². The summed E-state index contributed by atoms with van der Waals surface area (Å²) in [5.41, 5.74) is 0.927. The van der Waals surface area contributed by atoms with Crippen molar-refractivity contribution >= 4 is 29.0 Å². The van der Waals surface area contributed by atoms with Crippen molar-refractivity contribution in [2.24, 2.45) is 0 Å². The lowest BCUT2D eigenvalue weighted by Gasteiger charge is -2.21. The second kappa shape index (κ2) is 11.2. The van der Waals surface area contributed by atoms with E-state index < -0.39 is 11.6 Å². The highest BCUT2D eigenvalue weighted by atomic mass is 32.1. The summed E-state index contributed by atoms with van der Waals surface area (Å²) in [6.07, 6.45) is 3.94. The molecule has 31 heavy (non-hydrogen) atoms. The first-order valence-corrected chi connectivity index (χ1v) is 10.2. The van der Waals surface area contributed by atoms with Crippen LogP contribution >= 0.6 is 11.3 Å². The Morgan fingerprint density at radius 1 is 1.06 bits per heavy atom. The minimum absolute atomic E-state index is 0.121.